The first-order valence-corrected chi connectivity index (χ1v) is 10.9. The molecule has 1 aliphatic heterocycles. The van der Waals surface area contributed by atoms with Crippen LogP contribution in [0.3, 0.4) is 0 Å². The lowest BCUT2D eigenvalue weighted by atomic mass is 10.1. The van der Waals surface area contributed by atoms with E-state index in [-0.39, 0.29) is 5.91 Å². The van der Waals surface area contributed by atoms with Crippen molar-refractivity contribution < 1.29 is 4.79 Å². The van der Waals surface area contributed by atoms with Crippen LogP contribution in [0.2, 0.25) is 0 Å². The van der Waals surface area contributed by atoms with Gasteiger partial charge in [0.25, 0.3) is 5.91 Å². The van der Waals surface area contributed by atoms with Crippen molar-refractivity contribution in [2.24, 2.45) is 4.99 Å². The van der Waals surface area contributed by atoms with Crippen LogP contribution < -0.4 is 5.32 Å². The lowest BCUT2D eigenvalue weighted by Gasteiger charge is -2.10. The molecule has 1 N–H and O–H groups in total. The van der Waals surface area contributed by atoms with Crippen molar-refractivity contribution in [3.63, 3.8) is 0 Å². The van der Waals surface area contributed by atoms with Gasteiger partial charge in [-0.1, -0.05) is 36.8 Å². The highest BCUT2D eigenvalue weighted by Crippen LogP contribution is 2.30. The minimum absolute atomic E-state index is 0.108. The van der Waals surface area contributed by atoms with Gasteiger partial charge in [-0.3, -0.25) is 4.79 Å². The molecule has 4 nitrogen and oxygen atoms in total. The second-order valence-electron chi connectivity index (χ2n) is 7.50. The van der Waals surface area contributed by atoms with Gasteiger partial charge in [0.15, 0.2) is 5.17 Å². The summed E-state index contributed by atoms with van der Waals surface area (Å²) in [5.41, 5.74) is 7.77. The summed E-state index contributed by atoms with van der Waals surface area (Å²) >= 11 is 1.38. The lowest BCUT2D eigenvalue weighted by Crippen LogP contribution is -2.19. The molecule has 2 aromatic carbocycles. The van der Waals surface area contributed by atoms with Crippen molar-refractivity contribution in [2.45, 2.75) is 34.1 Å². The minimum Gasteiger partial charge on any atom is -0.318 e. The fourth-order valence-corrected chi connectivity index (χ4v) is 4.40. The van der Waals surface area contributed by atoms with E-state index < -0.39 is 0 Å². The Hall–Kier alpha value is -3.05. The molecule has 1 amide bonds. The van der Waals surface area contributed by atoms with Crippen LogP contribution in [0.15, 0.2) is 64.5 Å². The number of hydrogen-bond acceptors (Lipinski definition) is 3. The maximum absolute atomic E-state index is 12.5. The number of benzene rings is 2. The molecule has 0 atom stereocenters. The molecule has 0 bridgehead atoms. The summed E-state index contributed by atoms with van der Waals surface area (Å²) < 4.78 is 2.23. The number of amides is 1. The van der Waals surface area contributed by atoms with Crippen molar-refractivity contribution >= 4 is 34.6 Å². The molecule has 0 spiro atoms. The van der Waals surface area contributed by atoms with Crippen LogP contribution in [0.4, 0.5) is 5.69 Å². The number of aryl methyl sites for hydroxylation is 3. The standard InChI is InChI=1S/C25H25N3OS/c1-5-19-8-12-22(13-9-19)28-17(3)14-20(18(28)4)15-23-24(29)27-25(30-23)26-21-10-6-16(2)7-11-21/h6-15H,5H2,1-4H3,(H,26,27,29)/b23-15-. The van der Waals surface area contributed by atoms with Crippen LogP contribution in [0.5, 0.6) is 0 Å². The molecule has 2 heterocycles. The van der Waals surface area contributed by atoms with Gasteiger partial charge in [-0.15, -0.1) is 0 Å². The van der Waals surface area contributed by atoms with Gasteiger partial charge in [0, 0.05) is 17.1 Å². The predicted molar refractivity (Wildman–Crippen MR) is 127 cm³/mol. The highest BCUT2D eigenvalue weighted by molar-refractivity contribution is 8.18. The van der Waals surface area contributed by atoms with Crippen LogP contribution >= 0.6 is 11.8 Å². The maximum atomic E-state index is 12.5. The van der Waals surface area contributed by atoms with E-state index in [1.54, 1.807) is 0 Å². The Bertz CT molecular complexity index is 1150. The monoisotopic (exact) mass is 415 g/mol. The van der Waals surface area contributed by atoms with E-state index in [0.717, 1.165) is 34.7 Å². The third kappa shape index (κ3) is 4.12. The Balaban J connectivity index is 1.61. The number of amidine groups is 1. The predicted octanol–water partition coefficient (Wildman–Crippen LogP) is 5.86. The first-order chi connectivity index (χ1) is 14.4. The molecule has 0 radical (unpaired) electrons. The molecular weight excluding hydrogens is 390 g/mol. The first-order valence-electron chi connectivity index (χ1n) is 10.1. The fraction of sp³-hybridized carbons (Fsp3) is 0.200. The van der Waals surface area contributed by atoms with Gasteiger partial charge in [-0.05, 0) is 86.5 Å². The van der Waals surface area contributed by atoms with Crippen molar-refractivity contribution in [3.8, 4) is 5.69 Å². The summed E-state index contributed by atoms with van der Waals surface area (Å²) in [6.45, 7) is 8.38. The van der Waals surface area contributed by atoms with Gasteiger partial charge in [-0.25, -0.2) is 4.99 Å². The van der Waals surface area contributed by atoms with Gasteiger partial charge in [-0.2, -0.15) is 0 Å². The molecule has 0 aliphatic carbocycles. The highest BCUT2D eigenvalue weighted by atomic mass is 32.2. The van der Waals surface area contributed by atoms with Crippen LogP contribution in [-0.2, 0) is 11.2 Å². The SMILES string of the molecule is CCc1ccc(-n2c(C)cc(/C=C3\SC(=Nc4ccc(C)cc4)NC3=O)c2C)cc1. The van der Waals surface area contributed by atoms with Crippen molar-refractivity contribution in [3.05, 3.63) is 87.6 Å². The van der Waals surface area contributed by atoms with Crippen LogP contribution in [-0.4, -0.2) is 15.6 Å². The zero-order valence-electron chi connectivity index (χ0n) is 17.7. The van der Waals surface area contributed by atoms with Gasteiger partial charge in [0.1, 0.15) is 0 Å². The highest BCUT2D eigenvalue weighted by Gasteiger charge is 2.24. The normalized spacial score (nSPS) is 16.5. The molecule has 5 heteroatoms. The number of carbonyl (C=O) groups excluding carboxylic acids is 1. The summed E-state index contributed by atoms with van der Waals surface area (Å²) in [5, 5.41) is 3.48. The molecular formula is C25H25N3OS. The summed E-state index contributed by atoms with van der Waals surface area (Å²) in [5.74, 6) is -0.108. The van der Waals surface area contributed by atoms with E-state index in [9.17, 15) is 4.79 Å². The van der Waals surface area contributed by atoms with E-state index in [2.05, 4.69) is 66.0 Å². The minimum atomic E-state index is -0.108. The van der Waals surface area contributed by atoms with E-state index in [4.69, 9.17) is 0 Å². The quantitative estimate of drug-likeness (QED) is 0.543. The van der Waals surface area contributed by atoms with Gasteiger partial charge < -0.3 is 9.88 Å². The van der Waals surface area contributed by atoms with E-state index in [0.29, 0.717) is 10.1 Å². The molecule has 0 saturated carbocycles. The number of nitrogens with zero attached hydrogens (tertiary/aromatic N) is 2. The molecule has 152 valence electrons. The number of aliphatic imine (C=N–C) groups is 1. The van der Waals surface area contributed by atoms with Crippen molar-refractivity contribution in [1.82, 2.24) is 9.88 Å². The number of rotatable bonds is 4. The fourth-order valence-electron chi connectivity index (χ4n) is 3.57. The molecule has 30 heavy (non-hydrogen) atoms. The molecule has 4 rings (SSSR count). The summed E-state index contributed by atoms with van der Waals surface area (Å²) in [7, 11) is 0. The van der Waals surface area contributed by atoms with Crippen molar-refractivity contribution in [2.75, 3.05) is 0 Å². The first kappa shape index (κ1) is 20.2. The van der Waals surface area contributed by atoms with Gasteiger partial charge in [0.05, 0.1) is 10.6 Å². The molecule has 1 fully saturated rings. The van der Waals surface area contributed by atoms with Crippen LogP contribution in [0.1, 0.15) is 35.0 Å². The largest absolute Gasteiger partial charge is 0.318 e. The Labute approximate surface area is 181 Å². The zero-order valence-corrected chi connectivity index (χ0v) is 18.5. The number of carbonyl (C=O) groups is 1. The average Bonchev–Trinajstić information content (AvgIpc) is 3.22. The Morgan fingerprint density at radius 1 is 1.03 bits per heavy atom. The molecule has 1 aromatic heterocycles. The van der Waals surface area contributed by atoms with Crippen LogP contribution in [0, 0.1) is 20.8 Å². The third-order valence-electron chi connectivity index (χ3n) is 5.28. The van der Waals surface area contributed by atoms with E-state index in [1.807, 2.05) is 37.3 Å². The number of hydrogen-bond donors (Lipinski definition) is 1. The summed E-state index contributed by atoms with van der Waals surface area (Å²) in [6, 6.07) is 18.7. The Kier molecular flexibility index (Phi) is 5.64. The van der Waals surface area contributed by atoms with E-state index >= 15 is 0 Å². The smallest absolute Gasteiger partial charge is 0.264 e. The lowest BCUT2D eigenvalue weighted by molar-refractivity contribution is -0.115. The number of aromatic nitrogens is 1. The second kappa shape index (κ2) is 8.36. The molecule has 1 aliphatic rings. The third-order valence-corrected chi connectivity index (χ3v) is 6.19. The zero-order chi connectivity index (χ0) is 21.3. The van der Waals surface area contributed by atoms with Crippen LogP contribution in [0.25, 0.3) is 11.8 Å². The summed E-state index contributed by atoms with van der Waals surface area (Å²) in [6.07, 6.45) is 2.98. The second-order valence-corrected chi connectivity index (χ2v) is 8.53. The number of thioether (sulfide) groups is 1. The maximum Gasteiger partial charge on any atom is 0.264 e. The van der Waals surface area contributed by atoms with Gasteiger partial charge in [0.2, 0.25) is 0 Å². The average molecular weight is 416 g/mol. The molecule has 0 unspecified atom stereocenters. The Morgan fingerprint density at radius 2 is 1.73 bits per heavy atom. The van der Waals surface area contributed by atoms with Crippen molar-refractivity contribution in [1.29, 1.82) is 0 Å². The van der Waals surface area contributed by atoms with E-state index in [1.165, 1.54) is 22.9 Å². The topological polar surface area (TPSA) is 46.4 Å². The molecule has 1 saturated heterocycles. The number of nitrogens with one attached hydrogen (secondary N) is 1. The molecule has 3 aromatic rings. The summed E-state index contributed by atoms with van der Waals surface area (Å²) in [4.78, 5) is 17.7. The Morgan fingerprint density at radius 3 is 2.40 bits per heavy atom. The van der Waals surface area contributed by atoms with Gasteiger partial charge >= 0.3 is 0 Å².